The van der Waals surface area contributed by atoms with Crippen LogP contribution in [0.4, 0.5) is 5.69 Å². The number of hydrogen-bond donors (Lipinski definition) is 0. The van der Waals surface area contributed by atoms with Crippen LogP contribution in [0.25, 0.3) is 0 Å². The molecule has 0 radical (unpaired) electrons. The van der Waals surface area contributed by atoms with Gasteiger partial charge < -0.3 is 4.90 Å². The first-order valence-electron chi connectivity index (χ1n) is 7.62. The second kappa shape index (κ2) is 6.30. The van der Waals surface area contributed by atoms with Gasteiger partial charge in [0.15, 0.2) is 0 Å². The normalized spacial score (nSPS) is 11.7. The van der Waals surface area contributed by atoms with E-state index in [2.05, 4.69) is 75.0 Å². The van der Waals surface area contributed by atoms with Gasteiger partial charge in [-0.15, -0.1) is 0 Å². The minimum atomic E-state index is 0.109. The van der Waals surface area contributed by atoms with Gasteiger partial charge in [0.2, 0.25) is 0 Å². The van der Waals surface area contributed by atoms with Crippen molar-refractivity contribution in [3.8, 4) is 0 Å². The highest BCUT2D eigenvalue weighted by Crippen LogP contribution is 2.29. The molecule has 1 aromatic heterocycles. The molecule has 1 aromatic carbocycles. The Labute approximate surface area is 128 Å². The van der Waals surface area contributed by atoms with Crippen molar-refractivity contribution in [2.24, 2.45) is 0 Å². The summed E-state index contributed by atoms with van der Waals surface area (Å²) in [6.45, 7) is 9.00. The van der Waals surface area contributed by atoms with Gasteiger partial charge in [0.05, 0.1) is 0 Å². The van der Waals surface area contributed by atoms with Gasteiger partial charge in [-0.1, -0.05) is 32.0 Å². The fourth-order valence-electron chi connectivity index (χ4n) is 2.56. The summed E-state index contributed by atoms with van der Waals surface area (Å²) in [5.41, 5.74) is 4.03. The molecule has 0 unspecified atom stereocenters. The summed E-state index contributed by atoms with van der Waals surface area (Å²) in [6.07, 6.45) is 4.79. The topological polar surface area (TPSA) is 16.1 Å². The minimum absolute atomic E-state index is 0.109. The summed E-state index contributed by atoms with van der Waals surface area (Å²) in [5.74, 6) is 0. The quantitative estimate of drug-likeness (QED) is 0.805. The zero-order chi connectivity index (χ0) is 15.5. The number of pyridine rings is 1. The van der Waals surface area contributed by atoms with E-state index in [1.54, 1.807) is 0 Å². The molecule has 0 N–H and O–H groups in total. The summed E-state index contributed by atoms with van der Waals surface area (Å²) in [5, 5.41) is 0. The molecule has 0 saturated carbocycles. The molecule has 0 aliphatic heterocycles. The van der Waals surface area contributed by atoms with E-state index in [9.17, 15) is 0 Å². The number of rotatable bonds is 5. The van der Waals surface area contributed by atoms with Gasteiger partial charge in [0.25, 0.3) is 0 Å². The molecule has 0 fully saturated rings. The Balaban J connectivity index is 2.17. The lowest BCUT2D eigenvalue weighted by Crippen LogP contribution is -2.26. The van der Waals surface area contributed by atoms with Gasteiger partial charge in [0, 0.05) is 31.2 Å². The first-order chi connectivity index (χ1) is 9.90. The van der Waals surface area contributed by atoms with E-state index < -0.39 is 0 Å². The van der Waals surface area contributed by atoms with E-state index in [0.717, 1.165) is 6.42 Å². The van der Waals surface area contributed by atoms with E-state index in [-0.39, 0.29) is 5.41 Å². The number of benzene rings is 1. The third-order valence-corrected chi connectivity index (χ3v) is 4.20. The highest BCUT2D eigenvalue weighted by Gasteiger charge is 2.21. The smallest absolute Gasteiger partial charge is 0.0366 e. The van der Waals surface area contributed by atoms with E-state index >= 15 is 0 Å². The lowest BCUT2D eigenvalue weighted by atomic mass is 9.79. The zero-order valence-electron chi connectivity index (χ0n) is 13.8. The first-order valence-corrected chi connectivity index (χ1v) is 7.62. The summed E-state index contributed by atoms with van der Waals surface area (Å²) in [4.78, 5) is 6.50. The van der Waals surface area contributed by atoms with Crippen LogP contribution in [-0.2, 0) is 11.8 Å². The lowest BCUT2D eigenvalue weighted by molar-refractivity contribution is 0.521. The van der Waals surface area contributed by atoms with Crippen LogP contribution in [-0.4, -0.2) is 18.1 Å². The summed E-state index contributed by atoms with van der Waals surface area (Å²) in [7, 11) is 2.14. The Hall–Kier alpha value is -1.83. The van der Waals surface area contributed by atoms with Gasteiger partial charge in [0.1, 0.15) is 0 Å². The zero-order valence-corrected chi connectivity index (χ0v) is 13.8. The molecule has 1 heterocycles. The predicted molar refractivity (Wildman–Crippen MR) is 90.9 cm³/mol. The van der Waals surface area contributed by atoms with E-state index in [1.807, 2.05) is 18.5 Å². The van der Waals surface area contributed by atoms with Crippen LogP contribution in [0.1, 0.15) is 38.8 Å². The third-order valence-electron chi connectivity index (χ3n) is 4.20. The Morgan fingerprint density at radius 2 is 1.76 bits per heavy atom. The van der Waals surface area contributed by atoms with Crippen molar-refractivity contribution in [1.82, 2.24) is 4.98 Å². The lowest BCUT2D eigenvalue weighted by Gasteiger charge is -2.28. The number of anilines is 1. The Bertz CT molecular complexity index is 556. The van der Waals surface area contributed by atoms with Crippen molar-refractivity contribution in [3.05, 3.63) is 59.9 Å². The molecule has 21 heavy (non-hydrogen) atoms. The molecule has 2 nitrogen and oxygen atoms in total. The molecule has 0 aliphatic rings. The number of hydrogen-bond acceptors (Lipinski definition) is 2. The third kappa shape index (κ3) is 3.84. The largest absolute Gasteiger partial charge is 0.372 e. The van der Waals surface area contributed by atoms with Crippen molar-refractivity contribution < 1.29 is 0 Å². The van der Waals surface area contributed by atoms with E-state index in [0.29, 0.717) is 6.04 Å². The molecule has 2 rings (SSSR count). The van der Waals surface area contributed by atoms with Crippen molar-refractivity contribution in [3.63, 3.8) is 0 Å². The van der Waals surface area contributed by atoms with Crippen LogP contribution in [0, 0.1) is 0 Å². The average molecular weight is 282 g/mol. The summed E-state index contributed by atoms with van der Waals surface area (Å²) >= 11 is 0. The van der Waals surface area contributed by atoms with Crippen LogP contribution >= 0.6 is 0 Å². The van der Waals surface area contributed by atoms with Gasteiger partial charge in [-0.2, -0.15) is 0 Å². The van der Waals surface area contributed by atoms with Crippen molar-refractivity contribution >= 4 is 5.69 Å². The predicted octanol–water partition coefficient (Wildman–Crippen LogP) is 4.45. The first kappa shape index (κ1) is 15.6. The fourth-order valence-corrected chi connectivity index (χ4v) is 2.56. The maximum Gasteiger partial charge on any atom is 0.0366 e. The summed E-state index contributed by atoms with van der Waals surface area (Å²) < 4.78 is 0. The van der Waals surface area contributed by atoms with Gasteiger partial charge in [-0.25, -0.2) is 0 Å². The maximum atomic E-state index is 4.21. The highest BCUT2D eigenvalue weighted by atomic mass is 15.1. The highest BCUT2D eigenvalue weighted by molar-refractivity contribution is 5.48. The average Bonchev–Trinajstić information content (AvgIpc) is 2.47. The van der Waals surface area contributed by atoms with Crippen LogP contribution < -0.4 is 4.90 Å². The molecule has 0 saturated heterocycles. The monoisotopic (exact) mass is 282 g/mol. The van der Waals surface area contributed by atoms with E-state index in [1.165, 1.54) is 16.8 Å². The van der Waals surface area contributed by atoms with Crippen molar-refractivity contribution in [2.75, 3.05) is 11.9 Å². The molecule has 0 spiro atoms. The summed E-state index contributed by atoms with van der Waals surface area (Å²) in [6, 6.07) is 13.6. The van der Waals surface area contributed by atoms with Crippen molar-refractivity contribution in [1.29, 1.82) is 0 Å². The molecule has 0 aliphatic carbocycles. The van der Waals surface area contributed by atoms with Crippen LogP contribution in [0.15, 0.2) is 48.8 Å². The second-order valence-electron chi connectivity index (χ2n) is 6.67. The van der Waals surface area contributed by atoms with Gasteiger partial charge >= 0.3 is 0 Å². The second-order valence-corrected chi connectivity index (χ2v) is 6.67. The molecule has 112 valence electrons. The van der Waals surface area contributed by atoms with Crippen LogP contribution in [0.2, 0.25) is 0 Å². The molecule has 0 amide bonds. The SMILES string of the molecule is CC(C)N(C)c1ccc(C(C)(C)Cc2cccnc2)cc1. The minimum Gasteiger partial charge on any atom is -0.372 e. The molecular formula is C19H26N2. The molecular weight excluding hydrogens is 256 g/mol. The number of nitrogens with zero attached hydrogens (tertiary/aromatic N) is 2. The number of aromatic nitrogens is 1. The van der Waals surface area contributed by atoms with Crippen LogP contribution in [0.5, 0.6) is 0 Å². The Kier molecular flexibility index (Phi) is 4.66. The maximum absolute atomic E-state index is 4.21. The Morgan fingerprint density at radius 3 is 2.29 bits per heavy atom. The Morgan fingerprint density at radius 1 is 1.10 bits per heavy atom. The molecule has 2 heteroatoms. The standard InChI is InChI=1S/C19H26N2/c1-15(2)21(5)18-10-8-17(9-11-18)19(3,4)13-16-7-6-12-20-14-16/h6-12,14-15H,13H2,1-5H3. The van der Waals surface area contributed by atoms with Gasteiger partial charge in [-0.05, 0) is 55.0 Å². The van der Waals surface area contributed by atoms with Crippen molar-refractivity contribution in [2.45, 2.75) is 45.6 Å². The van der Waals surface area contributed by atoms with Crippen LogP contribution in [0.3, 0.4) is 0 Å². The molecule has 0 bridgehead atoms. The van der Waals surface area contributed by atoms with E-state index in [4.69, 9.17) is 0 Å². The fraction of sp³-hybridized carbons (Fsp3) is 0.421. The van der Waals surface area contributed by atoms with Gasteiger partial charge in [-0.3, -0.25) is 4.98 Å². The molecule has 2 aromatic rings. The molecule has 0 atom stereocenters.